The summed E-state index contributed by atoms with van der Waals surface area (Å²) < 4.78 is 0. The molecule has 0 fully saturated rings. The summed E-state index contributed by atoms with van der Waals surface area (Å²) in [6.45, 7) is 2.06. The maximum absolute atomic E-state index is 11.7. The molecular formula is C16H15Cl2N3O2. The Labute approximate surface area is 143 Å². The molecule has 0 heterocycles. The number of hydrogen-bond donors (Lipinski definition) is 3. The van der Waals surface area contributed by atoms with E-state index in [1.807, 2.05) is 31.2 Å². The molecule has 0 aromatic heterocycles. The molecular weight excluding hydrogens is 337 g/mol. The van der Waals surface area contributed by atoms with Crippen LogP contribution in [-0.2, 0) is 4.79 Å². The van der Waals surface area contributed by atoms with E-state index in [9.17, 15) is 9.90 Å². The van der Waals surface area contributed by atoms with E-state index in [-0.39, 0.29) is 23.2 Å². The molecule has 5 nitrogen and oxygen atoms in total. The molecule has 2 rings (SSSR count). The van der Waals surface area contributed by atoms with Gasteiger partial charge in [-0.25, -0.2) is 5.43 Å². The number of carbonyl (C=O) groups is 1. The second-order valence-corrected chi connectivity index (χ2v) is 5.68. The number of rotatable bonds is 5. The Hall–Kier alpha value is -2.24. The summed E-state index contributed by atoms with van der Waals surface area (Å²) in [6, 6.07) is 10.6. The average molecular weight is 352 g/mol. The van der Waals surface area contributed by atoms with E-state index >= 15 is 0 Å². The Morgan fingerprint density at radius 2 is 1.96 bits per heavy atom. The van der Waals surface area contributed by atoms with Gasteiger partial charge in [0.25, 0.3) is 5.91 Å². The fraction of sp³-hybridized carbons (Fsp3) is 0.125. The van der Waals surface area contributed by atoms with Crippen molar-refractivity contribution in [2.24, 2.45) is 5.10 Å². The van der Waals surface area contributed by atoms with E-state index < -0.39 is 0 Å². The molecule has 1 amide bonds. The molecule has 0 radical (unpaired) electrons. The summed E-state index contributed by atoms with van der Waals surface area (Å²) >= 11 is 11.6. The van der Waals surface area contributed by atoms with Crippen molar-refractivity contribution >= 4 is 41.0 Å². The van der Waals surface area contributed by atoms with E-state index in [1.54, 1.807) is 0 Å². The van der Waals surface area contributed by atoms with Crippen LogP contribution < -0.4 is 10.7 Å². The molecule has 0 aliphatic heterocycles. The molecule has 3 N–H and O–H groups in total. The summed E-state index contributed by atoms with van der Waals surface area (Å²) in [6.07, 6.45) is 1.27. The number of benzene rings is 2. The zero-order chi connectivity index (χ0) is 16.8. The van der Waals surface area contributed by atoms with Crippen molar-refractivity contribution in [2.45, 2.75) is 6.92 Å². The van der Waals surface area contributed by atoms with Crippen LogP contribution in [0.4, 0.5) is 5.69 Å². The van der Waals surface area contributed by atoms with Crippen LogP contribution in [-0.4, -0.2) is 23.8 Å². The quantitative estimate of drug-likeness (QED) is 0.569. The Balaban J connectivity index is 1.88. The highest BCUT2D eigenvalue weighted by atomic mass is 35.5. The number of aryl methyl sites for hydroxylation is 1. The lowest BCUT2D eigenvalue weighted by Crippen LogP contribution is -2.25. The fourth-order valence-corrected chi connectivity index (χ4v) is 2.26. The zero-order valence-electron chi connectivity index (χ0n) is 12.3. The van der Waals surface area contributed by atoms with Gasteiger partial charge in [-0.05, 0) is 31.2 Å². The van der Waals surface area contributed by atoms with Crippen molar-refractivity contribution in [1.82, 2.24) is 5.43 Å². The fourth-order valence-electron chi connectivity index (χ4n) is 1.75. The van der Waals surface area contributed by atoms with Gasteiger partial charge in [0, 0.05) is 16.3 Å². The Kier molecular flexibility index (Phi) is 5.84. The normalized spacial score (nSPS) is 10.7. The number of amides is 1. The van der Waals surface area contributed by atoms with Gasteiger partial charge >= 0.3 is 0 Å². The number of phenols is 1. The molecule has 7 heteroatoms. The summed E-state index contributed by atoms with van der Waals surface area (Å²) in [5.74, 6) is -0.471. The lowest BCUT2D eigenvalue weighted by Gasteiger charge is -2.05. The first-order valence-corrected chi connectivity index (χ1v) is 7.52. The van der Waals surface area contributed by atoms with Gasteiger partial charge < -0.3 is 10.4 Å². The van der Waals surface area contributed by atoms with Gasteiger partial charge in [0.1, 0.15) is 5.75 Å². The minimum Gasteiger partial charge on any atom is -0.506 e. The number of anilines is 1. The van der Waals surface area contributed by atoms with Crippen LogP contribution in [0.15, 0.2) is 41.5 Å². The monoisotopic (exact) mass is 351 g/mol. The van der Waals surface area contributed by atoms with Gasteiger partial charge in [-0.3, -0.25) is 4.79 Å². The summed E-state index contributed by atoms with van der Waals surface area (Å²) in [7, 11) is 0. The third-order valence-electron chi connectivity index (χ3n) is 2.96. The second-order valence-electron chi connectivity index (χ2n) is 4.84. The number of nitrogens with one attached hydrogen (secondary N) is 2. The standard InChI is InChI=1S/C16H15Cl2N3O2/c1-10-2-4-13(5-3-10)19-9-15(22)21-20-8-11-6-12(17)7-14(18)16(11)23/h2-8,19,23H,9H2,1H3,(H,21,22). The SMILES string of the molecule is Cc1ccc(NCC(=O)NN=Cc2cc(Cl)cc(Cl)c2O)cc1. The number of aromatic hydroxyl groups is 1. The van der Waals surface area contributed by atoms with Gasteiger partial charge in [0.05, 0.1) is 17.8 Å². The first-order chi connectivity index (χ1) is 11.0. The van der Waals surface area contributed by atoms with Gasteiger partial charge in [-0.1, -0.05) is 40.9 Å². The van der Waals surface area contributed by atoms with Crippen LogP contribution in [0.3, 0.4) is 0 Å². The minimum atomic E-state index is -0.325. The Morgan fingerprint density at radius 1 is 1.26 bits per heavy atom. The largest absolute Gasteiger partial charge is 0.506 e. The van der Waals surface area contributed by atoms with E-state index in [4.69, 9.17) is 23.2 Å². The molecule has 0 unspecified atom stereocenters. The molecule has 0 saturated heterocycles. The predicted octanol–water partition coefficient (Wildman–Crippen LogP) is 3.57. The first kappa shape index (κ1) is 17.1. The highest BCUT2D eigenvalue weighted by molar-refractivity contribution is 6.36. The van der Waals surface area contributed by atoms with Crippen LogP contribution in [0.5, 0.6) is 5.75 Å². The highest BCUT2D eigenvalue weighted by Gasteiger charge is 2.06. The van der Waals surface area contributed by atoms with Gasteiger partial charge in [0.2, 0.25) is 0 Å². The number of halogens is 2. The topological polar surface area (TPSA) is 73.7 Å². The molecule has 23 heavy (non-hydrogen) atoms. The molecule has 2 aromatic rings. The van der Waals surface area contributed by atoms with Crippen LogP contribution in [0, 0.1) is 6.92 Å². The lowest BCUT2D eigenvalue weighted by molar-refractivity contribution is -0.119. The van der Waals surface area contributed by atoms with E-state index in [0.717, 1.165) is 11.3 Å². The molecule has 2 aromatic carbocycles. The van der Waals surface area contributed by atoms with Crippen LogP contribution >= 0.6 is 23.2 Å². The number of carbonyl (C=O) groups excluding carboxylic acids is 1. The highest BCUT2D eigenvalue weighted by Crippen LogP contribution is 2.29. The molecule has 120 valence electrons. The van der Waals surface area contributed by atoms with Crippen molar-refractivity contribution in [1.29, 1.82) is 0 Å². The molecule has 0 aliphatic carbocycles. The van der Waals surface area contributed by atoms with Gasteiger partial charge in [0.15, 0.2) is 0 Å². The van der Waals surface area contributed by atoms with Gasteiger partial charge in [-0.15, -0.1) is 0 Å². The number of phenolic OH excluding ortho intramolecular Hbond substituents is 1. The van der Waals surface area contributed by atoms with E-state index in [0.29, 0.717) is 10.6 Å². The Bertz CT molecular complexity index is 731. The minimum absolute atomic E-state index is 0.0721. The van der Waals surface area contributed by atoms with Crippen LogP contribution in [0.25, 0.3) is 0 Å². The van der Waals surface area contributed by atoms with Crippen LogP contribution in [0.2, 0.25) is 10.0 Å². The van der Waals surface area contributed by atoms with E-state index in [2.05, 4.69) is 15.8 Å². The van der Waals surface area contributed by atoms with Gasteiger partial charge in [-0.2, -0.15) is 5.10 Å². The summed E-state index contributed by atoms with van der Waals surface area (Å²) in [5.41, 5.74) is 4.65. The van der Waals surface area contributed by atoms with Crippen molar-refractivity contribution in [3.8, 4) is 5.75 Å². The van der Waals surface area contributed by atoms with Crippen LogP contribution in [0.1, 0.15) is 11.1 Å². The molecule has 0 bridgehead atoms. The van der Waals surface area contributed by atoms with Crippen molar-refractivity contribution in [3.63, 3.8) is 0 Å². The third-order valence-corrected chi connectivity index (χ3v) is 3.46. The Morgan fingerprint density at radius 3 is 2.65 bits per heavy atom. The zero-order valence-corrected chi connectivity index (χ0v) is 13.8. The molecule has 0 atom stereocenters. The maximum Gasteiger partial charge on any atom is 0.259 e. The van der Waals surface area contributed by atoms with E-state index in [1.165, 1.54) is 18.3 Å². The second kappa shape index (κ2) is 7.85. The number of hydrogen-bond acceptors (Lipinski definition) is 4. The maximum atomic E-state index is 11.7. The smallest absolute Gasteiger partial charge is 0.259 e. The van der Waals surface area contributed by atoms with Crippen molar-refractivity contribution < 1.29 is 9.90 Å². The number of hydrazone groups is 1. The average Bonchev–Trinajstić information content (AvgIpc) is 2.51. The number of nitrogens with zero attached hydrogens (tertiary/aromatic N) is 1. The van der Waals surface area contributed by atoms with Crippen molar-refractivity contribution in [2.75, 3.05) is 11.9 Å². The van der Waals surface area contributed by atoms with Crippen molar-refractivity contribution in [3.05, 3.63) is 57.6 Å². The first-order valence-electron chi connectivity index (χ1n) is 6.76. The molecule has 0 aliphatic rings. The summed E-state index contributed by atoms with van der Waals surface area (Å²) in [5, 5.41) is 17.0. The molecule has 0 saturated carbocycles. The summed E-state index contributed by atoms with van der Waals surface area (Å²) in [4.78, 5) is 11.7. The molecule has 0 spiro atoms. The lowest BCUT2D eigenvalue weighted by atomic mass is 10.2. The predicted molar refractivity (Wildman–Crippen MR) is 93.5 cm³/mol. The third kappa shape index (κ3) is 5.16.